The Morgan fingerprint density at radius 3 is 2.40 bits per heavy atom. The van der Waals surface area contributed by atoms with Gasteiger partial charge in [-0.3, -0.25) is 4.79 Å². The second-order valence-corrected chi connectivity index (χ2v) is 7.60. The van der Waals surface area contributed by atoms with Crippen molar-refractivity contribution in [2.45, 2.75) is 32.6 Å². The molecule has 0 unspecified atom stereocenters. The first-order valence-electron chi connectivity index (χ1n) is 6.42. The molecule has 1 aromatic rings. The maximum absolute atomic E-state index is 12.1. The van der Waals surface area contributed by atoms with Gasteiger partial charge in [-0.2, -0.15) is 0 Å². The maximum atomic E-state index is 12.1. The number of hydrogen-bond acceptors (Lipinski definition) is 3. The summed E-state index contributed by atoms with van der Waals surface area (Å²) >= 11 is 0. The van der Waals surface area contributed by atoms with Crippen molar-refractivity contribution < 1.29 is 13.2 Å². The van der Waals surface area contributed by atoms with Crippen molar-refractivity contribution in [3.8, 4) is 0 Å². The molecule has 7 heteroatoms. The number of nitrogens with one attached hydrogen (secondary N) is 1. The molecule has 0 saturated heterocycles. The number of nitrogens with zero attached hydrogens (tertiary/aromatic N) is 1. The summed E-state index contributed by atoms with van der Waals surface area (Å²) in [6, 6.07) is 1.28. The standard InChI is InChI=1S/C13H23N3O3S/c1-9(2)13(3,4)8-15-12(17)11-6-10(7-16(11)5)20(14,18)19/h6-7,9H,8H2,1-5H3,(H,15,17)(H2,14,18,19). The molecular formula is C13H23N3O3S. The van der Waals surface area contributed by atoms with Crippen LogP contribution in [-0.2, 0) is 17.1 Å². The Morgan fingerprint density at radius 2 is 2.00 bits per heavy atom. The zero-order chi connectivity index (χ0) is 15.7. The summed E-state index contributed by atoms with van der Waals surface area (Å²) in [5.41, 5.74) is 0.234. The predicted octanol–water partition coefficient (Wildman–Crippen LogP) is 1.08. The Kier molecular flexibility index (Phi) is 4.66. The van der Waals surface area contributed by atoms with Gasteiger partial charge in [0.15, 0.2) is 0 Å². The average Bonchev–Trinajstić information content (AvgIpc) is 2.68. The minimum Gasteiger partial charge on any atom is -0.350 e. The number of carbonyl (C=O) groups excluding carboxylic acids is 1. The normalized spacial score (nSPS) is 12.8. The quantitative estimate of drug-likeness (QED) is 0.852. The van der Waals surface area contributed by atoms with E-state index in [0.29, 0.717) is 12.5 Å². The van der Waals surface area contributed by atoms with Crippen molar-refractivity contribution in [1.29, 1.82) is 0 Å². The number of amides is 1. The van der Waals surface area contributed by atoms with E-state index in [4.69, 9.17) is 5.14 Å². The van der Waals surface area contributed by atoms with Crippen LogP contribution in [0, 0.1) is 11.3 Å². The van der Waals surface area contributed by atoms with Gasteiger partial charge >= 0.3 is 0 Å². The van der Waals surface area contributed by atoms with Crippen LogP contribution in [0.15, 0.2) is 17.2 Å². The van der Waals surface area contributed by atoms with Gasteiger partial charge in [0.25, 0.3) is 5.91 Å². The molecule has 0 aromatic carbocycles. The number of sulfonamides is 1. The summed E-state index contributed by atoms with van der Waals surface area (Å²) in [4.78, 5) is 12.0. The topological polar surface area (TPSA) is 94.2 Å². The molecule has 6 nitrogen and oxygen atoms in total. The molecular weight excluding hydrogens is 278 g/mol. The monoisotopic (exact) mass is 301 g/mol. The van der Waals surface area contributed by atoms with Gasteiger partial charge in [-0.1, -0.05) is 27.7 Å². The zero-order valence-electron chi connectivity index (χ0n) is 12.6. The van der Waals surface area contributed by atoms with Crippen LogP contribution in [0.1, 0.15) is 38.2 Å². The Hall–Kier alpha value is -1.34. The third kappa shape index (κ3) is 3.83. The number of hydrogen-bond donors (Lipinski definition) is 2. The van der Waals surface area contributed by atoms with Crippen molar-refractivity contribution in [3.05, 3.63) is 18.0 Å². The van der Waals surface area contributed by atoms with E-state index >= 15 is 0 Å². The van der Waals surface area contributed by atoms with E-state index in [9.17, 15) is 13.2 Å². The maximum Gasteiger partial charge on any atom is 0.267 e. The Morgan fingerprint density at radius 1 is 1.45 bits per heavy atom. The van der Waals surface area contributed by atoms with E-state index in [0.717, 1.165) is 0 Å². The van der Waals surface area contributed by atoms with Crippen molar-refractivity contribution >= 4 is 15.9 Å². The molecule has 0 radical (unpaired) electrons. The van der Waals surface area contributed by atoms with Crippen molar-refractivity contribution in [2.75, 3.05) is 6.54 Å². The number of carbonyl (C=O) groups is 1. The van der Waals surface area contributed by atoms with Crippen LogP contribution in [0.2, 0.25) is 0 Å². The highest BCUT2D eigenvalue weighted by atomic mass is 32.2. The summed E-state index contributed by atoms with van der Waals surface area (Å²) in [5, 5.41) is 7.88. The molecule has 0 spiro atoms. The average molecular weight is 301 g/mol. The molecule has 0 fully saturated rings. The number of aryl methyl sites for hydroxylation is 1. The fourth-order valence-electron chi connectivity index (χ4n) is 1.52. The molecule has 0 aliphatic rings. The van der Waals surface area contributed by atoms with Crippen LogP contribution in [0.5, 0.6) is 0 Å². The Bertz CT molecular complexity index is 600. The van der Waals surface area contributed by atoms with E-state index in [1.54, 1.807) is 7.05 Å². The molecule has 0 aliphatic carbocycles. The minimum atomic E-state index is -3.80. The number of aromatic nitrogens is 1. The van der Waals surface area contributed by atoms with Gasteiger partial charge in [0.2, 0.25) is 10.0 Å². The van der Waals surface area contributed by atoms with Crippen LogP contribution in [0.25, 0.3) is 0 Å². The fraction of sp³-hybridized carbons (Fsp3) is 0.615. The lowest BCUT2D eigenvalue weighted by molar-refractivity contribution is 0.0916. The van der Waals surface area contributed by atoms with Gasteiger partial charge in [0, 0.05) is 19.8 Å². The van der Waals surface area contributed by atoms with Gasteiger partial charge in [-0.15, -0.1) is 0 Å². The third-order valence-electron chi connectivity index (χ3n) is 3.81. The largest absolute Gasteiger partial charge is 0.350 e. The SMILES string of the molecule is CC(C)C(C)(C)CNC(=O)c1cc(S(N)(=O)=O)cn1C. The number of rotatable bonds is 5. The molecule has 0 atom stereocenters. The van der Waals surface area contributed by atoms with E-state index in [1.807, 2.05) is 0 Å². The summed E-state index contributed by atoms with van der Waals surface area (Å²) in [7, 11) is -2.19. The second kappa shape index (κ2) is 5.57. The zero-order valence-corrected chi connectivity index (χ0v) is 13.4. The molecule has 20 heavy (non-hydrogen) atoms. The Labute approximate surface area is 120 Å². The van der Waals surface area contributed by atoms with Crippen LogP contribution < -0.4 is 10.5 Å². The summed E-state index contributed by atoms with van der Waals surface area (Å²) < 4.78 is 24.0. The molecule has 114 valence electrons. The van der Waals surface area contributed by atoms with Crippen molar-refractivity contribution in [3.63, 3.8) is 0 Å². The van der Waals surface area contributed by atoms with Crippen molar-refractivity contribution in [1.82, 2.24) is 9.88 Å². The van der Waals surface area contributed by atoms with Gasteiger partial charge < -0.3 is 9.88 Å². The lowest BCUT2D eigenvalue weighted by Crippen LogP contribution is -2.37. The van der Waals surface area contributed by atoms with E-state index in [1.165, 1.54) is 16.8 Å². The van der Waals surface area contributed by atoms with Gasteiger partial charge in [0.1, 0.15) is 10.6 Å². The summed E-state index contributed by atoms with van der Waals surface area (Å²) in [5.74, 6) is 0.104. The van der Waals surface area contributed by atoms with Crippen LogP contribution in [-0.4, -0.2) is 25.4 Å². The van der Waals surface area contributed by atoms with E-state index < -0.39 is 10.0 Å². The first-order valence-corrected chi connectivity index (χ1v) is 7.97. The predicted molar refractivity (Wildman–Crippen MR) is 77.7 cm³/mol. The molecule has 1 heterocycles. The first kappa shape index (κ1) is 16.7. The smallest absolute Gasteiger partial charge is 0.267 e. The molecule has 1 aromatic heterocycles. The lowest BCUT2D eigenvalue weighted by Gasteiger charge is -2.29. The minimum absolute atomic E-state index is 0.0381. The number of primary sulfonamides is 1. The van der Waals surface area contributed by atoms with Gasteiger partial charge in [0.05, 0.1) is 0 Å². The second-order valence-electron chi connectivity index (χ2n) is 6.04. The highest BCUT2D eigenvalue weighted by molar-refractivity contribution is 7.89. The molecule has 0 bridgehead atoms. The number of nitrogens with two attached hydrogens (primary N) is 1. The fourth-order valence-corrected chi connectivity index (χ4v) is 2.10. The van der Waals surface area contributed by atoms with Gasteiger partial charge in [-0.25, -0.2) is 13.6 Å². The summed E-state index contributed by atoms with van der Waals surface area (Å²) in [6.07, 6.45) is 1.33. The van der Waals surface area contributed by atoms with E-state index in [-0.39, 0.29) is 21.9 Å². The summed E-state index contributed by atoms with van der Waals surface area (Å²) in [6.45, 7) is 8.83. The molecule has 0 saturated carbocycles. The van der Waals surface area contributed by atoms with Crippen LogP contribution in [0.3, 0.4) is 0 Å². The van der Waals surface area contributed by atoms with Gasteiger partial charge in [-0.05, 0) is 17.4 Å². The Balaban J connectivity index is 2.87. The third-order valence-corrected chi connectivity index (χ3v) is 4.69. The van der Waals surface area contributed by atoms with Crippen LogP contribution >= 0.6 is 0 Å². The highest BCUT2D eigenvalue weighted by Crippen LogP contribution is 2.24. The van der Waals surface area contributed by atoms with Crippen molar-refractivity contribution in [2.24, 2.45) is 23.5 Å². The first-order chi connectivity index (χ1) is 8.95. The highest BCUT2D eigenvalue weighted by Gasteiger charge is 2.24. The van der Waals surface area contributed by atoms with E-state index in [2.05, 4.69) is 33.0 Å². The molecule has 1 amide bonds. The van der Waals surface area contributed by atoms with Crippen LogP contribution in [0.4, 0.5) is 0 Å². The molecule has 0 aliphatic heterocycles. The molecule has 1 rings (SSSR count). The lowest BCUT2D eigenvalue weighted by atomic mass is 9.81. The molecule has 3 N–H and O–H groups in total.